The minimum atomic E-state index is 0.377. The van der Waals surface area contributed by atoms with Crippen molar-refractivity contribution in [1.29, 1.82) is 0 Å². The van der Waals surface area contributed by atoms with Crippen LogP contribution in [0, 0.1) is 0 Å². The highest BCUT2D eigenvalue weighted by molar-refractivity contribution is 7.80. The number of phenolic OH excluding ortho intramolecular Hbond substituents is 1. The van der Waals surface area contributed by atoms with Gasteiger partial charge in [-0.15, -0.1) is 0 Å². The second-order valence-electron chi connectivity index (χ2n) is 3.15. The molecule has 1 N–H and O–H groups in total. The molecule has 0 atom stereocenters. The van der Waals surface area contributed by atoms with Gasteiger partial charge in [-0.1, -0.05) is 31.6 Å². The summed E-state index contributed by atoms with van der Waals surface area (Å²) in [6.45, 7) is 3.99. The van der Waals surface area contributed by atoms with Crippen molar-refractivity contribution in [2.24, 2.45) is 0 Å². The molecule has 2 heteroatoms. The lowest BCUT2D eigenvalue weighted by Gasteiger charge is -2.05. The molecule has 0 saturated heterocycles. The van der Waals surface area contributed by atoms with Crippen molar-refractivity contribution in [3.63, 3.8) is 0 Å². The van der Waals surface area contributed by atoms with Gasteiger partial charge in [0.2, 0.25) is 0 Å². The van der Waals surface area contributed by atoms with E-state index >= 15 is 0 Å². The first kappa shape index (κ1) is 10.2. The molecule has 13 heavy (non-hydrogen) atoms. The van der Waals surface area contributed by atoms with Crippen LogP contribution in [0.15, 0.2) is 18.2 Å². The summed E-state index contributed by atoms with van der Waals surface area (Å²) in [4.78, 5) is 0.873. The molecule has 1 rings (SSSR count). The Morgan fingerprint density at radius 2 is 2.15 bits per heavy atom. The minimum absolute atomic E-state index is 0.377. The minimum Gasteiger partial charge on any atom is -0.508 e. The van der Waals surface area contributed by atoms with Crippen LogP contribution in [-0.2, 0) is 6.42 Å². The molecule has 0 spiro atoms. The van der Waals surface area contributed by atoms with Crippen LogP contribution >= 0.6 is 12.2 Å². The quantitative estimate of drug-likeness (QED) is 0.589. The molecule has 1 aromatic carbocycles. The van der Waals surface area contributed by atoms with Gasteiger partial charge in [-0.2, -0.15) is 0 Å². The number of rotatable bonds is 3. The molecule has 0 aliphatic carbocycles. The second-order valence-corrected chi connectivity index (χ2v) is 3.76. The van der Waals surface area contributed by atoms with Gasteiger partial charge in [-0.3, -0.25) is 0 Å². The predicted molar refractivity (Wildman–Crippen MR) is 59.5 cm³/mol. The van der Waals surface area contributed by atoms with Crippen LogP contribution in [0.1, 0.15) is 31.4 Å². The SMILES string of the molecule is CCCc1cc(C(C)=S)ccc1O. The van der Waals surface area contributed by atoms with E-state index in [-0.39, 0.29) is 0 Å². The number of hydrogen-bond donors (Lipinski definition) is 1. The molecule has 0 fully saturated rings. The zero-order valence-corrected chi connectivity index (χ0v) is 8.82. The first-order valence-electron chi connectivity index (χ1n) is 4.48. The van der Waals surface area contributed by atoms with Gasteiger partial charge in [0.25, 0.3) is 0 Å². The molecule has 1 aromatic rings. The van der Waals surface area contributed by atoms with E-state index in [2.05, 4.69) is 6.92 Å². The lowest BCUT2D eigenvalue weighted by atomic mass is 10.0. The third-order valence-corrected chi connectivity index (χ3v) is 2.24. The van der Waals surface area contributed by atoms with Crippen LogP contribution in [-0.4, -0.2) is 9.97 Å². The van der Waals surface area contributed by atoms with E-state index in [9.17, 15) is 5.11 Å². The van der Waals surface area contributed by atoms with Crippen LogP contribution < -0.4 is 0 Å². The first-order chi connectivity index (χ1) is 6.15. The lowest BCUT2D eigenvalue weighted by molar-refractivity contribution is 0.467. The van der Waals surface area contributed by atoms with E-state index in [4.69, 9.17) is 12.2 Å². The summed E-state index contributed by atoms with van der Waals surface area (Å²) in [7, 11) is 0. The summed E-state index contributed by atoms with van der Waals surface area (Å²) < 4.78 is 0. The third kappa shape index (κ3) is 2.52. The van der Waals surface area contributed by atoms with Crippen molar-refractivity contribution in [3.8, 4) is 5.75 Å². The van der Waals surface area contributed by atoms with Crippen molar-refractivity contribution < 1.29 is 5.11 Å². The Balaban J connectivity index is 3.03. The van der Waals surface area contributed by atoms with Gasteiger partial charge in [-0.05, 0) is 36.6 Å². The highest BCUT2D eigenvalue weighted by Crippen LogP contribution is 2.20. The average molecular weight is 194 g/mol. The molecule has 0 aliphatic rings. The van der Waals surface area contributed by atoms with Gasteiger partial charge in [0, 0.05) is 4.86 Å². The molecule has 1 nitrogen and oxygen atoms in total. The number of aromatic hydroxyl groups is 1. The predicted octanol–water partition coefficient (Wildman–Crippen LogP) is 3.08. The van der Waals surface area contributed by atoms with E-state index in [0.717, 1.165) is 28.8 Å². The van der Waals surface area contributed by atoms with Crippen LogP contribution in [0.2, 0.25) is 0 Å². The average Bonchev–Trinajstić information content (AvgIpc) is 2.08. The monoisotopic (exact) mass is 194 g/mol. The third-order valence-electron chi connectivity index (χ3n) is 2.01. The highest BCUT2D eigenvalue weighted by Gasteiger charge is 2.02. The van der Waals surface area contributed by atoms with Crippen LogP contribution in [0.5, 0.6) is 5.75 Å². The lowest BCUT2D eigenvalue weighted by Crippen LogP contribution is -1.93. The Bertz CT molecular complexity index is 318. The molecule has 0 unspecified atom stereocenters. The van der Waals surface area contributed by atoms with Gasteiger partial charge < -0.3 is 5.11 Å². The van der Waals surface area contributed by atoms with E-state index in [1.807, 2.05) is 19.1 Å². The summed E-state index contributed by atoms with van der Waals surface area (Å²) in [6.07, 6.45) is 1.94. The van der Waals surface area contributed by atoms with Crippen molar-refractivity contribution in [3.05, 3.63) is 29.3 Å². The van der Waals surface area contributed by atoms with Crippen LogP contribution in [0.3, 0.4) is 0 Å². The molecule has 0 bridgehead atoms. The van der Waals surface area contributed by atoms with Crippen molar-refractivity contribution in [1.82, 2.24) is 0 Å². The van der Waals surface area contributed by atoms with Crippen molar-refractivity contribution >= 4 is 17.1 Å². The molecule has 0 saturated carbocycles. The summed E-state index contributed by atoms with van der Waals surface area (Å²) >= 11 is 5.07. The molecule has 0 radical (unpaired) electrons. The van der Waals surface area contributed by atoms with E-state index in [1.165, 1.54) is 0 Å². The number of aryl methyl sites for hydroxylation is 1. The van der Waals surface area contributed by atoms with Gasteiger partial charge in [0.1, 0.15) is 5.75 Å². The second kappa shape index (κ2) is 4.38. The smallest absolute Gasteiger partial charge is 0.118 e. The van der Waals surface area contributed by atoms with Gasteiger partial charge >= 0.3 is 0 Å². The molecule has 70 valence electrons. The normalized spacial score (nSPS) is 10.0. The standard InChI is InChI=1S/C11H14OS/c1-3-4-10-7-9(8(2)13)5-6-11(10)12/h5-7,12H,3-4H2,1-2H3. The summed E-state index contributed by atoms with van der Waals surface area (Å²) in [5.74, 6) is 0.377. The molecule has 0 aromatic heterocycles. The van der Waals surface area contributed by atoms with Crippen molar-refractivity contribution in [2.45, 2.75) is 26.7 Å². The number of hydrogen-bond acceptors (Lipinski definition) is 2. The van der Waals surface area contributed by atoms with E-state index in [1.54, 1.807) is 6.07 Å². The Morgan fingerprint density at radius 1 is 1.46 bits per heavy atom. The molecule has 0 heterocycles. The van der Waals surface area contributed by atoms with Gasteiger partial charge in [-0.25, -0.2) is 0 Å². The van der Waals surface area contributed by atoms with Gasteiger partial charge in [0.05, 0.1) is 0 Å². The van der Waals surface area contributed by atoms with Crippen LogP contribution in [0.25, 0.3) is 0 Å². The van der Waals surface area contributed by atoms with Gasteiger partial charge in [0.15, 0.2) is 0 Å². The zero-order valence-electron chi connectivity index (χ0n) is 8.00. The summed E-state index contributed by atoms with van der Waals surface area (Å²) in [6, 6.07) is 5.55. The molecular formula is C11H14OS. The topological polar surface area (TPSA) is 20.2 Å². The Labute approximate surface area is 84.4 Å². The Hall–Kier alpha value is -0.890. The molecule has 0 amide bonds. The largest absolute Gasteiger partial charge is 0.508 e. The summed E-state index contributed by atoms with van der Waals surface area (Å²) in [5, 5.41) is 9.50. The van der Waals surface area contributed by atoms with Crippen molar-refractivity contribution in [2.75, 3.05) is 0 Å². The fraction of sp³-hybridized carbons (Fsp3) is 0.364. The number of phenols is 1. The maximum absolute atomic E-state index is 9.50. The fourth-order valence-corrected chi connectivity index (χ4v) is 1.40. The molecule has 0 aliphatic heterocycles. The van der Waals surface area contributed by atoms with E-state index in [0.29, 0.717) is 5.75 Å². The highest BCUT2D eigenvalue weighted by atomic mass is 32.1. The number of benzene rings is 1. The first-order valence-corrected chi connectivity index (χ1v) is 4.88. The summed E-state index contributed by atoms with van der Waals surface area (Å²) in [5.41, 5.74) is 2.03. The molecular weight excluding hydrogens is 180 g/mol. The zero-order chi connectivity index (χ0) is 9.84. The maximum atomic E-state index is 9.50. The van der Waals surface area contributed by atoms with Crippen LogP contribution in [0.4, 0.5) is 0 Å². The Morgan fingerprint density at radius 3 is 2.69 bits per heavy atom. The fourth-order valence-electron chi connectivity index (χ4n) is 1.27. The maximum Gasteiger partial charge on any atom is 0.118 e. The number of thiocarbonyl (C=S) groups is 1. The Kier molecular flexibility index (Phi) is 3.43. The van der Waals surface area contributed by atoms with E-state index < -0.39 is 0 Å².